The Bertz CT molecular complexity index is 567. The van der Waals surface area contributed by atoms with Crippen molar-refractivity contribution in [2.75, 3.05) is 19.0 Å². The summed E-state index contributed by atoms with van der Waals surface area (Å²) in [7, 11) is 0. The van der Waals surface area contributed by atoms with Crippen molar-refractivity contribution in [2.45, 2.75) is 5.75 Å². The van der Waals surface area contributed by atoms with Gasteiger partial charge in [0.25, 0.3) is 0 Å². The normalized spacial score (nSPS) is 9.85. The van der Waals surface area contributed by atoms with Crippen molar-refractivity contribution in [3.05, 3.63) is 54.0 Å². The number of aliphatic hydroxyl groups is 1. The van der Waals surface area contributed by atoms with Crippen LogP contribution in [0.1, 0.15) is 11.3 Å². The molecule has 1 N–H and O–H groups in total. The standard InChI is InChI=1S/C16H16O3S/c17-8-2-5-14-4-1-6-15(12-14)19-10-11-20-13-16-7-3-9-18-16/h1,3-4,6-7,9,12,17H,8,10-11,13H2. The van der Waals surface area contributed by atoms with Gasteiger partial charge in [0.15, 0.2) is 0 Å². The summed E-state index contributed by atoms with van der Waals surface area (Å²) >= 11 is 1.77. The van der Waals surface area contributed by atoms with Gasteiger partial charge < -0.3 is 14.3 Å². The zero-order valence-corrected chi connectivity index (χ0v) is 11.9. The molecule has 0 amide bonds. The van der Waals surface area contributed by atoms with Crippen molar-refractivity contribution in [1.29, 1.82) is 0 Å². The van der Waals surface area contributed by atoms with E-state index in [1.807, 2.05) is 36.4 Å². The molecule has 4 heteroatoms. The Labute approximate surface area is 123 Å². The third-order valence-corrected chi connectivity index (χ3v) is 3.41. The molecule has 0 saturated heterocycles. The van der Waals surface area contributed by atoms with E-state index in [4.69, 9.17) is 14.3 Å². The van der Waals surface area contributed by atoms with Gasteiger partial charge in [0.1, 0.15) is 18.1 Å². The molecule has 0 fully saturated rings. The summed E-state index contributed by atoms with van der Waals surface area (Å²) in [6.45, 7) is 0.511. The van der Waals surface area contributed by atoms with Gasteiger partial charge in [-0.2, -0.15) is 11.8 Å². The first-order chi connectivity index (χ1) is 9.88. The van der Waals surface area contributed by atoms with Crippen LogP contribution in [0.2, 0.25) is 0 Å². The quantitative estimate of drug-likeness (QED) is 0.655. The van der Waals surface area contributed by atoms with E-state index in [2.05, 4.69) is 11.8 Å². The monoisotopic (exact) mass is 288 g/mol. The molecule has 20 heavy (non-hydrogen) atoms. The van der Waals surface area contributed by atoms with E-state index < -0.39 is 0 Å². The number of benzene rings is 1. The number of ether oxygens (including phenoxy) is 1. The molecular formula is C16H16O3S. The SMILES string of the molecule is OCC#Cc1cccc(OCCSCc2ccco2)c1. The Hall–Kier alpha value is -1.83. The van der Waals surface area contributed by atoms with Crippen molar-refractivity contribution in [1.82, 2.24) is 0 Å². The number of aliphatic hydroxyl groups excluding tert-OH is 1. The summed E-state index contributed by atoms with van der Waals surface area (Å²) < 4.78 is 10.9. The van der Waals surface area contributed by atoms with E-state index in [1.165, 1.54) is 0 Å². The lowest BCUT2D eigenvalue weighted by atomic mass is 10.2. The predicted molar refractivity (Wildman–Crippen MR) is 80.8 cm³/mol. The molecular weight excluding hydrogens is 272 g/mol. The van der Waals surface area contributed by atoms with Gasteiger partial charge in [0.2, 0.25) is 0 Å². The maximum atomic E-state index is 8.66. The Kier molecular flexibility index (Phi) is 6.09. The summed E-state index contributed by atoms with van der Waals surface area (Å²) in [4.78, 5) is 0. The van der Waals surface area contributed by atoms with Gasteiger partial charge in [-0.15, -0.1) is 0 Å². The zero-order chi connectivity index (χ0) is 14.0. The second-order valence-corrected chi connectivity index (χ2v) is 5.07. The van der Waals surface area contributed by atoms with E-state index in [-0.39, 0.29) is 6.61 Å². The van der Waals surface area contributed by atoms with Gasteiger partial charge >= 0.3 is 0 Å². The fourth-order valence-electron chi connectivity index (χ4n) is 1.59. The van der Waals surface area contributed by atoms with Crippen LogP contribution in [0, 0.1) is 11.8 Å². The minimum absolute atomic E-state index is 0.130. The minimum Gasteiger partial charge on any atom is -0.493 e. The third kappa shape index (κ3) is 5.04. The molecule has 0 aliphatic heterocycles. The van der Waals surface area contributed by atoms with E-state index in [9.17, 15) is 0 Å². The number of thioether (sulfide) groups is 1. The van der Waals surface area contributed by atoms with Crippen molar-refractivity contribution in [2.24, 2.45) is 0 Å². The Morgan fingerprint density at radius 3 is 3.00 bits per heavy atom. The lowest BCUT2D eigenvalue weighted by Gasteiger charge is -2.05. The van der Waals surface area contributed by atoms with Gasteiger partial charge in [0, 0.05) is 11.3 Å². The summed E-state index contributed by atoms with van der Waals surface area (Å²) in [5, 5.41) is 8.66. The average Bonchev–Trinajstić information content (AvgIpc) is 2.98. The first kappa shape index (κ1) is 14.6. The average molecular weight is 288 g/mol. The molecule has 3 nitrogen and oxygen atoms in total. The lowest BCUT2D eigenvalue weighted by Crippen LogP contribution is -2.00. The molecule has 104 valence electrons. The van der Waals surface area contributed by atoms with Crippen LogP contribution in [-0.2, 0) is 5.75 Å². The van der Waals surface area contributed by atoms with Crippen LogP contribution in [0.15, 0.2) is 47.1 Å². The van der Waals surface area contributed by atoms with Crippen molar-refractivity contribution in [3.8, 4) is 17.6 Å². The van der Waals surface area contributed by atoms with Crippen LogP contribution >= 0.6 is 11.8 Å². The van der Waals surface area contributed by atoms with Crippen molar-refractivity contribution >= 4 is 11.8 Å². The first-order valence-corrected chi connectivity index (χ1v) is 7.46. The molecule has 0 saturated carbocycles. The highest BCUT2D eigenvalue weighted by Gasteiger charge is 1.98. The summed E-state index contributed by atoms with van der Waals surface area (Å²) in [5.41, 5.74) is 0.847. The molecule has 2 aromatic rings. The topological polar surface area (TPSA) is 42.6 Å². The predicted octanol–water partition coefficient (Wildman–Crippen LogP) is 2.94. The molecule has 0 atom stereocenters. The van der Waals surface area contributed by atoms with E-state index in [0.717, 1.165) is 28.6 Å². The number of hydrogen-bond acceptors (Lipinski definition) is 4. The first-order valence-electron chi connectivity index (χ1n) is 6.31. The van der Waals surface area contributed by atoms with E-state index in [1.54, 1.807) is 18.0 Å². The summed E-state index contributed by atoms with van der Waals surface area (Å²) in [6, 6.07) is 11.4. The molecule has 0 radical (unpaired) electrons. The highest BCUT2D eigenvalue weighted by atomic mass is 32.2. The fraction of sp³-hybridized carbons (Fsp3) is 0.250. The molecule has 1 aromatic heterocycles. The Balaban J connectivity index is 1.71. The molecule has 1 heterocycles. The number of hydrogen-bond donors (Lipinski definition) is 1. The van der Waals surface area contributed by atoms with E-state index in [0.29, 0.717) is 6.61 Å². The highest BCUT2D eigenvalue weighted by Crippen LogP contribution is 2.15. The van der Waals surface area contributed by atoms with Crippen LogP contribution in [0.25, 0.3) is 0 Å². The van der Waals surface area contributed by atoms with Gasteiger partial charge in [-0.1, -0.05) is 17.9 Å². The molecule has 0 unspecified atom stereocenters. The molecule has 0 spiro atoms. The van der Waals surface area contributed by atoms with Crippen molar-refractivity contribution < 1.29 is 14.3 Å². The molecule has 1 aromatic carbocycles. The van der Waals surface area contributed by atoms with Crippen LogP contribution in [0.4, 0.5) is 0 Å². The second kappa shape index (κ2) is 8.36. The van der Waals surface area contributed by atoms with Crippen LogP contribution in [-0.4, -0.2) is 24.1 Å². The maximum absolute atomic E-state index is 8.66. The number of rotatable bonds is 6. The number of furan rings is 1. The largest absolute Gasteiger partial charge is 0.493 e. The van der Waals surface area contributed by atoms with Crippen LogP contribution in [0.3, 0.4) is 0 Å². The molecule has 0 aliphatic carbocycles. The van der Waals surface area contributed by atoms with Gasteiger partial charge in [-0.3, -0.25) is 0 Å². The van der Waals surface area contributed by atoms with Gasteiger partial charge in [-0.05, 0) is 30.3 Å². The molecule has 0 bridgehead atoms. The zero-order valence-electron chi connectivity index (χ0n) is 11.0. The van der Waals surface area contributed by atoms with E-state index >= 15 is 0 Å². The fourth-order valence-corrected chi connectivity index (χ4v) is 2.30. The second-order valence-electron chi connectivity index (χ2n) is 3.97. The van der Waals surface area contributed by atoms with Gasteiger partial charge in [-0.25, -0.2) is 0 Å². The Morgan fingerprint density at radius 1 is 1.25 bits per heavy atom. The third-order valence-electron chi connectivity index (χ3n) is 2.47. The minimum atomic E-state index is -0.130. The van der Waals surface area contributed by atoms with Gasteiger partial charge in [0.05, 0.1) is 18.6 Å². The smallest absolute Gasteiger partial charge is 0.120 e. The summed E-state index contributed by atoms with van der Waals surface area (Å²) in [6.07, 6.45) is 1.69. The molecule has 2 rings (SSSR count). The van der Waals surface area contributed by atoms with Crippen molar-refractivity contribution in [3.63, 3.8) is 0 Å². The lowest BCUT2D eigenvalue weighted by molar-refractivity contribution is 0.343. The highest BCUT2D eigenvalue weighted by molar-refractivity contribution is 7.98. The molecule has 0 aliphatic rings. The maximum Gasteiger partial charge on any atom is 0.120 e. The summed E-state index contributed by atoms with van der Waals surface area (Å²) in [5.74, 6) is 9.01. The van der Waals surface area contributed by atoms with Crippen LogP contribution in [0.5, 0.6) is 5.75 Å². The Morgan fingerprint density at radius 2 is 2.20 bits per heavy atom. The van der Waals surface area contributed by atoms with Crippen LogP contribution < -0.4 is 4.74 Å².